The van der Waals surface area contributed by atoms with Gasteiger partial charge in [-0.3, -0.25) is 9.59 Å². The van der Waals surface area contributed by atoms with E-state index in [1.165, 1.54) is 18.2 Å². The first-order valence-corrected chi connectivity index (χ1v) is 4.71. The van der Waals surface area contributed by atoms with Gasteiger partial charge in [0.15, 0.2) is 0 Å². The van der Waals surface area contributed by atoms with Crippen molar-refractivity contribution in [3.05, 3.63) is 33.8 Å². The second-order valence-electron chi connectivity index (χ2n) is 2.70. The Labute approximate surface area is 95.8 Å². The average molecular weight is 250 g/mol. The third kappa shape index (κ3) is 3.42. The Morgan fingerprint density at radius 3 is 2.73 bits per heavy atom. The number of hydrogen-bond acceptors (Lipinski definition) is 2. The first-order chi connectivity index (χ1) is 7.00. The third-order valence-corrected chi connectivity index (χ3v) is 2.14. The van der Waals surface area contributed by atoms with Crippen molar-refractivity contribution in [2.75, 3.05) is 6.54 Å². The molecule has 0 atom stereocenters. The zero-order chi connectivity index (χ0) is 11.4. The largest absolute Gasteiger partial charge is 0.480 e. The summed E-state index contributed by atoms with van der Waals surface area (Å²) < 4.78 is 0. The molecule has 1 amide bonds. The second-order valence-corrected chi connectivity index (χ2v) is 3.54. The number of halogens is 2. The van der Waals surface area contributed by atoms with Gasteiger partial charge in [-0.15, -0.1) is 0 Å². The van der Waals surface area contributed by atoms with Crippen LogP contribution in [0.2, 0.25) is 10.0 Å². The summed E-state index contributed by atoms with van der Waals surface area (Å²) in [7, 11) is 0. The van der Waals surface area contributed by atoms with E-state index in [0.717, 1.165) is 0 Å². The molecule has 80 valence electrons. The topological polar surface area (TPSA) is 66.4 Å². The van der Waals surface area contributed by atoms with Crippen LogP contribution in [0.15, 0.2) is 18.2 Å². The Morgan fingerprint density at radius 2 is 2.13 bits per heavy atom. The van der Waals surface area contributed by atoms with Gasteiger partial charge in [-0.2, -0.15) is 0 Å². The van der Waals surface area contributed by atoms with E-state index < -0.39 is 18.4 Å². The number of benzene rings is 1. The maximum atomic E-state index is 11.4. The van der Waals surface area contributed by atoms with E-state index in [2.05, 4.69) is 5.32 Å². The number of rotatable bonds is 3. The number of carboxylic acid groups (broad SMARTS) is 1. The van der Waals surface area contributed by atoms with Crippen molar-refractivity contribution < 1.29 is 14.7 Å². The fraction of sp³-hybridized carbons (Fsp3) is 0.111. The van der Waals surface area contributed by atoms with Crippen LogP contribution in [0.5, 0.6) is 0 Å². The predicted molar refractivity (Wildman–Crippen MR) is 56.4 cm³/mol. The van der Waals surface area contributed by atoms with Gasteiger partial charge in [0.05, 0.1) is 10.6 Å². The van der Waals surface area contributed by atoms with E-state index in [1.54, 1.807) is 0 Å². The molecule has 1 rings (SSSR count). The normalized spacial score (nSPS) is 9.73. The van der Waals surface area contributed by atoms with Crippen LogP contribution in [0.1, 0.15) is 10.4 Å². The quantitative estimate of drug-likeness (QED) is 0.859. The molecular formula is C9H7Cl2NO3. The first-order valence-electron chi connectivity index (χ1n) is 3.95. The number of carbonyl (C=O) groups excluding carboxylic acids is 1. The molecule has 4 nitrogen and oxygen atoms in total. The van der Waals surface area contributed by atoms with Gasteiger partial charge in [0.1, 0.15) is 6.54 Å². The molecule has 0 aliphatic rings. The number of aliphatic carboxylic acids is 1. The lowest BCUT2D eigenvalue weighted by Gasteiger charge is -2.04. The van der Waals surface area contributed by atoms with Crippen molar-refractivity contribution in [1.29, 1.82) is 0 Å². The molecule has 0 aliphatic carbocycles. The highest BCUT2D eigenvalue weighted by Crippen LogP contribution is 2.20. The molecule has 0 heterocycles. The van der Waals surface area contributed by atoms with Gasteiger partial charge in [0.2, 0.25) is 0 Å². The first kappa shape index (κ1) is 11.8. The molecule has 0 spiro atoms. The number of carbonyl (C=O) groups is 2. The van der Waals surface area contributed by atoms with Crippen LogP contribution in [0.4, 0.5) is 0 Å². The van der Waals surface area contributed by atoms with Gasteiger partial charge in [-0.1, -0.05) is 23.2 Å². The van der Waals surface area contributed by atoms with Crippen molar-refractivity contribution in [1.82, 2.24) is 5.32 Å². The maximum absolute atomic E-state index is 11.4. The van der Waals surface area contributed by atoms with E-state index in [4.69, 9.17) is 28.3 Å². The minimum atomic E-state index is -1.12. The molecule has 2 N–H and O–H groups in total. The summed E-state index contributed by atoms with van der Waals surface area (Å²) in [5.74, 6) is -1.69. The predicted octanol–water partition coefficient (Wildman–Crippen LogP) is 1.81. The van der Waals surface area contributed by atoms with Crippen LogP contribution in [0, 0.1) is 0 Å². The number of amides is 1. The molecule has 0 aliphatic heterocycles. The van der Waals surface area contributed by atoms with Crippen LogP contribution in [0.3, 0.4) is 0 Å². The zero-order valence-corrected chi connectivity index (χ0v) is 8.97. The standard InChI is InChI=1S/C9H7Cl2NO3/c10-5-1-2-7(11)6(3-5)9(15)12-4-8(13)14/h1-3H,4H2,(H,12,15)(H,13,14)/i9+2. The summed E-state index contributed by atoms with van der Waals surface area (Å²) in [6, 6.07) is 4.39. The van der Waals surface area contributed by atoms with Gasteiger partial charge < -0.3 is 10.4 Å². The van der Waals surface area contributed by atoms with Crippen LogP contribution >= 0.6 is 23.2 Å². The average Bonchev–Trinajstić information content (AvgIpc) is 2.18. The highest BCUT2D eigenvalue weighted by molar-refractivity contribution is 6.35. The van der Waals surface area contributed by atoms with Gasteiger partial charge in [0, 0.05) is 5.02 Å². The van der Waals surface area contributed by atoms with Gasteiger partial charge in [-0.05, 0) is 18.2 Å². The Bertz CT molecular complexity index is 406. The van der Waals surface area contributed by atoms with Crippen LogP contribution in [-0.4, -0.2) is 23.5 Å². The summed E-state index contributed by atoms with van der Waals surface area (Å²) in [6.45, 7) is -0.457. The minimum absolute atomic E-state index is 0.158. The fourth-order valence-corrected chi connectivity index (χ4v) is 1.30. The highest BCUT2D eigenvalue weighted by atomic mass is 35.5. The molecule has 0 radical (unpaired) electrons. The third-order valence-electron chi connectivity index (χ3n) is 1.57. The van der Waals surface area contributed by atoms with Crippen LogP contribution in [-0.2, 0) is 4.79 Å². The van der Waals surface area contributed by atoms with E-state index in [9.17, 15) is 9.59 Å². The van der Waals surface area contributed by atoms with E-state index in [-0.39, 0.29) is 10.6 Å². The Kier molecular flexibility index (Phi) is 3.94. The lowest BCUT2D eigenvalue weighted by molar-refractivity contribution is -0.135. The monoisotopic (exact) mass is 249 g/mol. The van der Waals surface area contributed by atoms with Gasteiger partial charge in [0.25, 0.3) is 5.91 Å². The van der Waals surface area contributed by atoms with Crippen molar-refractivity contribution in [3.63, 3.8) is 0 Å². The fourth-order valence-electron chi connectivity index (χ4n) is 0.923. The minimum Gasteiger partial charge on any atom is -0.480 e. The van der Waals surface area contributed by atoms with Crippen molar-refractivity contribution in [2.24, 2.45) is 0 Å². The lowest BCUT2D eigenvalue weighted by Crippen LogP contribution is -2.29. The molecule has 15 heavy (non-hydrogen) atoms. The zero-order valence-electron chi connectivity index (χ0n) is 7.46. The Morgan fingerprint density at radius 1 is 1.47 bits per heavy atom. The van der Waals surface area contributed by atoms with Gasteiger partial charge in [-0.25, -0.2) is 0 Å². The highest BCUT2D eigenvalue weighted by Gasteiger charge is 2.11. The second kappa shape index (κ2) is 5.00. The Balaban J connectivity index is 2.81. The molecule has 1 aromatic rings. The summed E-state index contributed by atoms with van der Waals surface area (Å²) in [5, 5.41) is 11.1. The molecule has 0 bridgehead atoms. The number of nitrogens with one attached hydrogen (secondary N) is 1. The van der Waals surface area contributed by atoms with E-state index >= 15 is 0 Å². The van der Waals surface area contributed by atoms with Gasteiger partial charge >= 0.3 is 5.97 Å². The summed E-state index contributed by atoms with van der Waals surface area (Å²) in [5.41, 5.74) is 0.158. The lowest BCUT2D eigenvalue weighted by atomic mass is 10.3. The van der Waals surface area contributed by atoms with Crippen LogP contribution in [0.25, 0.3) is 0 Å². The molecule has 0 aromatic heterocycles. The molecule has 0 saturated carbocycles. The number of hydrogen-bond donors (Lipinski definition) is 2. The van der Waals surface area contributed by atoms with Crippen molar-refractivity contribution in [3.8, 4) is 0 Å². The molecular weight excluding hydrogens is 243 g/mol. The summed E-state index contributed by atoms with van der Waals surface area (Å²) >= 11 is 11.4. The van der Waals surface area contributed by atoms with E-state index in [1.807, 2.05) is 0 Å². The number of carboxylic acids is 1. The molecule has 0 saturated heterocycles. The summed E-state index contributed by atoms with van der Waals surface area (Å²) in [6.07, 6.45) is 0. The van der Waals surface area contributed by atoms with Crippen molar-refractivity contribution >= 4 is 35.1 Å². The Hall–Kier alpha value is -1.26. The molecule has 0 fully saturated rings. The van der Waals surface area contributed by atoms with Crippen LogP contribution < -0.4 is 5.32 Å². The molecule has 0 unspecified atom stereocenters. The summed E-state index contributed by atoms with van der Waals surface area (Å²) in [4.78, 5) is 21.6. The SMILES string of the molecule is O=C(O)CN[14C](=O)c1cc(Cl)ccc1Cl. The maximum Gasteiger partial charge on any atom is 0.322 e. The van der Waals surface area contributed by atoms with E-state index in [0.29, 0.717) is 5.02 Å². The molecule has 6 heteroatoms. The van der Waals surface area contributed by atoms with Crippen molar-refractivity contribution in [2.45, 2.75) is 0 Å². The smallest absolute Gasteiger partial charge is 0.322 e. The molecule has 1 aromatic carbocycles.